The van der Waals surface area contributed by atoms with Crippen LogP contribution < -0.4 is 5.32 Å². The second-order valence-electron chi connectivity index (χ2n) is 8.07. The van der Waals surface area contributed by atoms with Gasteiger partial charge in [0.25, 0.3) is 5.95 Å². The van der Waals surface area contributed by atoms with E-state index in [0.717, 1.165) is 34.1 Å². The van der Waals surface area contributed by atoms with Gasteiger partial charge in [0.15, 0.2) is 11.6 Å². The minimum atomic E-state index is -0.0387. The first-order chi connectivity index (χ1) is 15.0. The van der Waals surface area contributed by atoms with E-state index < -0.39 is 0 Å². The van der Waals surface area contributed by atoms with Crippen molar-refractivity contribution in [3.63, 3.8) is 0 Å². The van der Waals surface area contributed by atoms with Crippen molar-refractivity contribution in [2.24, 2.45) is 0 Å². The van der Waals surface area contributed by atoms with Crippen LogP contribution in [0.5, 0.6) is 0 Å². The molecule has 0 bridgehead atoms. The molecule has 3 heterocycles. The number of fused-ring (bicyclic) bond motifs is 1. The fraction of sp³-hybridized carbons (Fsp3) is 0.250. The third kappa shape index (κ3) is 3.63. The smallest absolute Gasteiger partial charge is 0.251 e. The van der Waals surface area contributed by atoms with E-state index in [1.807, 2.05) is 63.2 Å². The predicted octanol–water partition coefficient (Wildman–Crippen LogP) is 4.84. The lowest BCUT2D eigenvalue weighted by molar-refractivity contribution is 0.0960. The van der Waals surface area contributed by atoms with Crippen molar-refractivity contribution in [1.29, 1.82) is 0 Å². The normalized spacial score (nSPS) is 15.7. The van der Waals surface area contributed by atoms with E-state index >= 15 is 0 Å². The van der Waals surface area contributed by atoms with E-state index in [-0.39, 0.29) is 11.7 Å². The van der Waals surface area contributed by atoms with Crippen LogP contribution in [0.4, 0.5) is 11.5 Å². The van der Waals surface area contributed by atoms with Crippen LogP contribution in [0.1, 0.15) is 51.1 Å². The molecule has 3 aromatic heterocycles. The predicted molar refractivity (Wildman–Crippen MR) is 117 cm³/mol. The van der Waals surface area contributed by atoms with Crippen LogP contribution in [0.15, 0.2) is 53.1 Å². The molecule has 7 heteroatoms. The SMILES string of the molecule is Cc1cccc(Nc2nn(-c3nc(C)cc(C)n3)c3c2C(=O)CC(c2ccco2)C3)c1. The maximum Gasteiger partial charge on any atom is 0.251 e. The van der Waals surface area contributed by atoms with E-state index in [4.69, 9.17) is 9.52 Å². The lowest BCUT2D eigenvalue weighted by Gasteiger charge is -2.21. The first kappa shape index (κ1) is 19.2. The molecule has 5 rings (SSSR count). The van der Waals surface area contributed by atoms with Crippen LogP contribution >= 0.6 is 0 Å². The Hall–Kier alpha value is -3.74. The number of nitrogens with zero attached hydrogens (tertiary/aromatic N) is 4. The van der Waals surface area contributed by atoms with Gasteiger partial charge in [-0.05, 0) is 56.7 Å². The summed E-state index contributed by atoms with van der Waals surface area (Å²) in [5.41, 5.74) is 5.12. The molecule has 31 heavy (non-hydrogen) atoms. The largest absolute Gasteiger partial charge is 0.469 e. The third-order valence-electron chi connectivity index (χ3n) is 5.52. The summed E-state index contributed by atoms with van der Waals surface area (Å²) in [6, 6.07) is 13.7. The van der Waals surface area contributed by atoms with Gasteiger partial charge in [-0.3, -0.25) is 4.79 Å². The Kier molecular flexibility index (Phi) is 4.66. The molecule has 0 saturated heterocycles. The summed E-state index contributed by atoms with van der Waals surface area (Å²) in [7, 11) is 0. The fourth-order valence-electron chi connectivity index (χ4n) is 4.21. The van der Waals surface area contributed by atoms with Crippen molar-refractivity contribution in [3.8, 4) is 5.95 Å². The lowest BCUT2D eigenvalue weighted by Crippen LogP contribution is -2.21. The maximum atomic E-state index is 13.3. The molecular weight excluding hydrogens is 390 g/mol. The molecule has 1 aliphatic carbocycles. The Morgan fingerprint density at radius 1 is 1.03 bits per heavy atom. The summed E-state index contributed by atoms with van der Waals surface area (Å²) < 4.78 is 7.32. The van der Waals surface area contributed by atoms with Crippen molar-refractivity contribution in [3.05, 3.63) is 82.7 Å². The molecule has 0 amide bonds. The van der Waals surface area contributed by atoms with E-state index in [9.17, 15) is 4.79 Å². The van der Waals surface area contributed by atoms with Crippen molar-refractivity contribution in [2.45, 2.75) is 39.5 Å². The van der Waals surface area contributed by atoms with Crippen molar-refractivity contribution < 1.29 is 9.21 Å². The first-order valence-corrected chi connectivity index (χ1v) is 10.3. The molecule has 1 unspecified atom stereocenters. The molecular formula is C24H23N5O2. The standard InChI is InChI=1S/C24H23N5O2/c1-14-6-4-7-18(10-14)27-23-22-19(12-17(13-20(22)30)21-8-5-9-31-21)29(28-23)24-25-15(2)11-16(3)26-24/h4-11,17H,12-13H2,1-3H3,(H,27,28). The minimum absolute atomic E-state index is 0.0356. The number of nitrogens with one attached hydrogen (secondary N) is 1. The molecule has 4 aromatic rings. The van der Waals surface area contributed by atoms with Gasteiger partial charge in [-0.25, -0.2) is 14.6 Å². The van der Waals surface area contributed by atoms with Gasteiger partial charge in [0, 0.05) is 35.8 Å². The highest BCUT2D eigenvalue weighted by Crippen LogP contribution is 2.37. The monoisotopic (exact) mass is 413 g/mol. The number of ketones is 1. The van der Waals surface area contributed by atoms with Gasteiger partial charge >= 0.3 is 0 Å². The second kappa shape index (κ2) is 7.50. The number of hydrogen-bond acceptors (Lipinski definition) is 6. The molecule has 1 aromatic carbocycles. The number of aryl methyl sites for hydroxylation is 3. The van der Waals surface area contributed by atoms with Gasteiger partial charge in [-0.1, -0.05) is 12.1 Å². The summed E-state index contributed by atoms with van der Waals surface area (Å²) in [6.45, 7) is 5.88. The summed E-state index contributed by atoms with van der Waals surface area (Å²) >= 11 is 0. The molecule has 156 valence electrons. The number of furan rings is 1. The molecule has 0 aliphatic heterocycles. The highest BCUT2D eigenvalue weighted by molar-refractivity contribution is 6.03. The number of rotatable bonds is 4. The van der Waals surface area contributed by atoms with Gasteiger partial charge in [0.2, 0.25) is 0 Å². The quantitative estimate of drug-likeness (QED) is 0.515. The van der Waals surface area contributed by atoms with Gasteiger partial charge in [0.05, 0.1) is 17.5 Å². The van der Waals surface area contributed by atoms with Crippen LogP contribution in [-0.4, -0.2) is 25.5 Å². The zero-order valence-electron chi connectivity index (χ0n) is 17.7. The third-order valence-corrected chi connectivity index (χ3v) is 5.52. The number of benzene rings is 1. The highest BCUT2D eigenvalue weighted by Gasteiger charge is 2.35. The van der Waals surface area contributed by atoms with Crippen LogP contribution in [-0.2, 0) is 6.42 Å². The average Bonchev–Trinajstić information content (AvgIpc) is 3.36. The number of carbonyl (C=O) groups excluding carboxylic acids is 1. The van der Waals surface area contributed by atoms with Crippen LogP contribution in [0.3, 0.4) is 0 Å². The van der Waals surface area contributed by atoms with Crippen LogP contribution in [0.25, 0.3) is 5.95 Å². The lowest BCUT2D eigenvalue weighted by atomic mass is 9.85. The Bertz CT molecular complexity index is 1250. The fourth-order valence-corrected chi connectivity index (χ4v) is 4.21. The number of anilines is 2. The molecule has 1 atom stereocenters. The molecule has 7 nitrogen and oxygen atoms in total. The molecule has 0 radical (unpaired) electrons. The topological polar surface area (TPSA) is 85.8 Å². The Morgan fingerprint density at radius 2 is 1.84 bits per heavy atom. The van der Waals surface area contributed by atoms with E-state index in [1.165, 1.54) is 0 Å². The molecule has 0 fully saturated rings. The maximum absolute atomic E-state index is 13.3. The van der Waals surface area contributed by atoms with Crippen molar-refractivity contribution in [1.82, 2.24) is 19.7 Å². The average molecular weight is 413 g/mol. The minimum Gasteiger partial charge on any atom is -0.469 e. The summed E-state index contributed by atoms with van der Waals surface area (Å²) in [5.74, 6) is 1.81. The molecule has 0 spiro atoms. The molecule has 1 N–H and O–H groups in total. The Balaban J connectivity index is 1.64. The summed E-state index contributed by atoms with van der Waals surface area (Å²) in [6.07, 6.45) is 2.64. The van der Waals surface area contributed by atoms with E-state index in [0.29, 0.717) is 30.2 Å². The number of aromatic nitrogens is 4. The Morgan fingerprint density at radius 3 is 2.55 bits per heavy atom. The number of carbonyl (C=O) groups is 1. The summed E-state index contributed by atoms with van der Waals surface area (Å²) in [5, 5.41) is 8.11. The van der Waals surface area contributed by atoms with Crippen molar-refractivity contribution in [2.75, 3.05) is 5.32 Å². The van der Waals surface area contributed by atoms with Gasteiger partial charge in [-0.2, -0.15) is 0 Å². The number of Topliss-reactive ketones (excluding diaryl/α,β-unsaturated/α-hetero) is 1. The molecule has 1 aliphatic rings. The summed E-state index contributed by atoms with van der Waals surface area (Å²) in [4.78, 5) is 22.4. The first-order valence-electron chi connectivity index (χ1n) is 10.3. The highest BCUT2D eigenvalue weighted by atomic mass is 16.3. The van der Waals surface area contributed by atoms with Gasteiger partial charge in [-0.15, -0.1) is 5.10 Å². The zero-order chi connectivity index (χ0) is 21.5. The van der Waals surface area contributed by atoms with Crippen LogP contribution in [0, 0.1) is 20.8 Å². The molecule has 0 saturated carbocycles. The van der Waals surface area contributed by atoms with Gasteiger partial charge in [0.1, 0.15) is 5.76 Å². The number of hydrogen-bond donors (Lipinski definition) is 1. The van der Waals surface area contributed by atoms with E-state index in [1.54, 1.807) is 10.9 Å². The van der Waals surface area contributed by atoms with Crippen molar-refractivity contribution >= 4 is 17.3 Å². The van der Waals surface area contributed by atoms with E-state index in [2.05, 4.69) is 15.3 Å². The van der Waals surface area contributed by atoms with Gasteiger partial charge < -0.3 is 9.73 Å². The zero-order valence-corrected chi connectivity index (χ0v) is 17.7. The Labute approximate surface area is 180 Å². The van der Waals surface area contributed by atoms with Crippen LogP contribution in [0.2, 0.25) is 0 Å². The second-order valence-corrected chi connectivity index (χ2v) is 8.07.